The van der Waals surface area contributed by atoms with E-state index in [1.165, 1.54) is 4.88 Å². The molecule has 0 saturated carbocycles. The summed E-state index contributed by atoms with van der Waals surface area (Å²) in [6.45, 7) is 5.13. The smallest absolute Gasteiger partial charge is 0.264 e. The Morgan fingerprint density at radius 2 is 2.35 bits per heavy atom. The number of nitrogens with zero attached hydrogens (tertiary/aromatic N) is 1. The Labute approximate surface area is 112 Å². The lowest BCUT2D eigenvalue weighted by Crippen LogP contribution is -2.38. The van der Waals surface area contributed by atoms with E-state index in [4.69, 9.17) is 11.6 Å². The second-order valence-electron chi connectivity index (χ2n) is 4.61. The first-order chi connectivity index (χ1) is 8.17. The van der Waals surface area contributed by atoms with E-state index in [2.05, 4.69) is 13.8 Å². The van der Waals surface area contributed by atoms with Gasteiger partial charge in [0.2, 0.25) is 0 Å². The van der Waals surface area contributed by atoms with Gasteiger partial charge in [-0.25, -0.2) is 0 Å². The summed E-state index contributed by atoms with van der Waals surface area (Å²) in [5.74, 6) is 1.21. The van der Waals surface area contributed by atoms with Crippen LogP contribution >= 0.6 is 22.9 Å². The van der Waals surface area contributed by atoms with Gasteiger partial charge >= 0.3 is 0 Å². The fraction of sp³-hybridized carbons (Fsp3) is 0.615. The van der Waals surface area contributed by atoms with Crippen molar-refractivity contribution in [2.24, 2.45) is 5.92 Å². The highest BCUT2D eigenvalue weighted by Crippen LogP contribution is 2.28. The highest BCUT2D eigenvalue weighted by atomic mass is 35.5. The van der Waals surface area contributed by atoms with Crippen LogP contribution < -0.4 is 0 Å². The number of aryl methyl sites for hydroxylation is 1. The molecule has 0 aliphatic carbocycles. The van der Waals surface area contributed by atoms with Crippen molar-refractivity contribution in [3.05, 3.63) is 21.9 Å². The van der Waals surface area contributed by atoms with Crippen molar-refractivity contribution in [3.8, 4) is 0 Å². The molecule has 17 heavy (non-hydrogen) atoms. The minimum Gasteiger partial charge on any atom is -0.333 e. The molecule has 2 unspecified atom stereocenters. The number of amides is 1. The van der Waals surface area contributed by atoms with Crippen LogP contribution in [-0.4, -0.2) is 29.3 Å². The standard InChI is InChI=1S/C13H18ClNOS/c1-3-10-4-5-12(17-10)13(16)15-7-6-9(2)11(15)8-14/h4-5,9,11H,3,6-8H2,1-2H3. The van der Waals surface area contributed by atoms with Gasteiger partial charge in [0.25, 0.3) is 5.91 Å². The lowest BCUT2D eigenvalue weighted by molar-refractivity contribution is 0.0742. The lowest BCUT2D eigenvalue weighted by Gasteiger charge is -2.24. The molecule has 0 bridgehead atoms. The van der Waals surface area contributed by atoms with Crippen LogP contribution in [0.4, 0.5) is 0 Å². The van der Waals surface area contributed by atoms with E-state index >= 15 is 0 Å². The number of hydrogen-bond donors (Lipinski definition) is 0. The number of alkyl halides is 1. The van der Waals surface area contributed by atoms with Gasteiger partial charge < -0.3 is 4.90 Å². The molecule has 2 heterocycles. The van der Waals surface area contributed by atoms with Gasteiger partial charge in [-0.3, -0.25) is 4.79 Å². The van der Waals surface area contributed by atoms with Crippen molar-refractivity contribution in [3.63, 3.8) is 0 Å². The van der Waals surface area contributed by atoms with E-state index in [0.717, 1.165) is 24.3 Å². The van der Waals surface area contributed by atoms with Crippen molar-refractivity contribution >= 4 is 28.8 Å². The van der Waals surface area contributed by atoms with Crippen LogP contribution in [0.25, 0.3) is 0 Å². The monoisotopic (exact) mass is 271 g/mol. The second-order valence-corrected chi connectivity index (χ2v) is 6.08. The molecule has 1 aromatic rings. The van der Waals surface area contributed by atoms with Crippen molar-refractivity contribution < 1.29 is 4.79 Å². The van der Waals surface area contributed by atoms with Crippen LogP contribution in [0.3, 0.4) is 0 Å². The summed E-state index contributed by atoms with van der Waals surface area (Å²) in [7, 11) is 0. The largest absolute Gasteiger partial charge is 0.333 e. The minimum absolute atomic E-state index is 0.157. The number of likely N-dealkylation sites (tertiary alicyclic amines) is 1. The first kappa shape index (κ1) is 12.9. The molecule has 2 atom stereocenters. The van der Waals surface area contributed by atoms with Crippen molar-refractivity contribution in [1.82, 2.24) is 4.90 Å². The summed E-state index contributed by atoms with van der Waals surface area (Å²) in [4.78, 5) is 16.4. The summed E-state index contributed by atoms with van der Waals surface area (Å²) in [6, 6.07) is 4.20. The Morgan fingerprint density at radius 1 is 1.59 bits per heavy atom. The predicted molar refractivity (Wildman–Crippen MR) is 73.0 cm³/mol. The van der Waals surface area contributed by atoms with Gasteiger partial charge in [-0.2, -0.15) is 0 Å². The van der Waals surface area contributed by atoms with E-state index < -0.39 is 0 Å². The first-order valence-corrected chi connectivity index (χ1v) is 7.48. The lowest BCUT2D eigenvalue weighted by atomic mass is 10.1. The van der Waals surface area contributed by atoms with Crippen molar-refractivity contribution in [1.29, 1.82) is 0 Å². The Bertz CT molecular complexity index is 404. The van der Waals surface area contributed by atoms with Gasteiger partial charge in [0.05, 0.1) is 4.88 Å². The Kier molecular flexibility index (Phi) is 4.10. The molecule has 94 valence electrons. The summed E-state index contributed by atoms with van der Waals surface area (Å²) >= 11 is 7.58. The van der Waals surface area contributed by atoms with Gasteiger partial charge in [0, 0.05) is 23.3 Å². The van der Waals surface area contributed by atoms with E-state index in [1.54, 1.807) is 11.3 Å². The first-order valence-electron chi connectivity index (χ1n) is 6.13. The molecule has 1 amide bonds. The number of halogens is 1. The third kappa shape index (κ3) is 2.50. The molecule has 4 heteroatoms. The molecule has 0 N–H and O–H groups in total. The number of rotatable bonds is 3. The molecule has 2 rings (SSSR count). The van der Waals surface area contributed by atoms with Gasteiger partial charge in [-0.15, -0.1) is 22.9 Å². The van der Waals surface area contributed by atoms with Crippen LogP contribution in [0, 0.1) is 5.92 Å². The number of thiophene rings is 1. The van der Waals surface area contributed by atoms with E-state index in [1.807, 2.05) is 17.0 Å². The highest BCUT2D eigenvalue weighted by molar-refractivity contribution is 7.14. The normalized spacial score (nSPS) is 24.3. The fourth-order valence-corrected chi connectivity index (χ4v) is 3.69. The maximum absolute atomic E-state index is 12.4. The zero-order chi connectivity index (χ0) is 12.4. The maximum Gasteiger partial charge on any atom is 0.264 e. The summed E-state index contributed by atoms with van der Waals surface area (Å²) < 4.78 is 0. The molecule has 1 aromatic heterocycles. The van der Waals surface area contributed by atoms with Crippen molar-refractivity contribution in [2.75, 3.05) is 12.4 Å². The molecule has 1 aliphatic heterocycles. The maximum atomic E-state index is 12.4. The zero-order valence-corrected chi connectivity index (χ0v) is 11.9. The van der Waals surface area contributed by atoms with Crippen LogP contribution in [0.15, 0.2) is 12.1 Å². The zero-order valence-electron chi connectivity index (χ0n) is 10.3. The molecular weight excluding hydrogens is 254 g/mol. The van der Waals surface area contributed by atoms with Crippen LogP contribution in [0.5, 0.6) is 0 Å². The van der Waals surface area contributed by atoms with Gasteiger partial charge in [0.15, 0.2) is 0 Å². The number of carbonyl (C=O) groups excluding carboxylic acids is 1. The minimum atomic E-state index is 0.157. The van der Waals surface area contributed by atoms with Crippen molar-refractivity contribution in [2.45, 2.75) is 32.7 Å². The Hall–Kier alpha value is -0.540. The summed E-state index contributed by atoms with van der Waals surface area (Å²) in [6.07, 6.45) is 2.06. The Morgan fingerprint density at radius 3 is 2.94 bits per heavy atom. The molecule has 1 aliphatic rings. The average Bonchev–Trinajstić information content (AvgIpc) is 2.94. The molecule has 2 nitrogen and oxygen atoms in total. The third-order valence-corrected chi connectivity index (χ3v) is 5.06. The topological polar surface area (TPSA) is 20.3 Å². The fourth-order valence-electron chi connectivity index (χ4n) is 2.32. The second kappa shape index (κ2) is 5.40. The van der Waals surface area contributed by atoms with Gasteiger partial charge in [0.1, 0.15) is 0 Å². The predicted octanol–water partition coefficient (Wildman–Crippen LogP) is 3.40. The SMILES string of the molecule is CCc1ccc(C(=O)N2CCC(C)C2CCl)s1. The Balaban J connectivity index is 2.14. The molecular formula is C13H18ClNOS. The van der Waals surface area contributed by atoms with Crippen LogP contribution in [0.1, 0.15) is 34.8 Å². The molecule has 0 radical (unpaired) electrons. The molecule has 1 fully saturated rings. The third-order valence-electron chi connectivity index (χ3n) is 3.52. The average molecular weight is 272 g/mol. The van der Waals surface area contributed by atoms with E-state index in [-0.39, 0.29) is 11.9 Å². The van der Waals surface area contributed by atoms with Gasteiger partial charge in [-0.05, 0) is 30.9 Å². The molecule has 0 spiro atoms. The van der Waals surface area contributed by atoms with Gasteiger partial charge in [-0.1, -0.05) is 13.8 Å². The van der Waals surface area contributed by atoms with Crippen LogP contribution in [-0.2, 0) is 6.42 Å². The molecule has 0 aromatic carbocycles. The number of hydrogen-bond acceptors (Lipinski definition) is 2. The molecule has 1 saturated heterocycles. The van der Waals surface area contributed by atoms with E-state index in [9.17, 15) is 4.79 Å². The number of carbonyl (C=O) groups is 1. The summed E-state index contributed by atoms with van der Waals surface area (Å²) in [5.41, 5.74) is 0. The quantitative estimate of drug-likeness (QED) is 0.772. The van der Waals surface area contributed by atoms with E-state index in [0.29, 0.717) is 11.8 Å². The van der Waals surface area contributed by atoms with Crippen LogP contribution in [0.2, 0.25) is 0 Å². The summed E-state index contributed by atoms with van der Waals surface area (Å²) in [5, 5.41) is 0. The highest BCUT2D eigenvalue weighted by Gasteiger charge is 2.34.